The van der Waals surface area contributed by atoms with Gasteiger partial charge in [-0.15, -0.1) is 0 Å². The minimum atomic E-state index is -0.659. The number of likely N-dealkylation sites (tertiary alicyclic amines) is 2. The molecule has 2 aromatic carbocycles. The van der Waals surface area contributed by atoms with Gasteiger partial charge in [0.2, 0.25) is 0 Å². The lowest BCUT2D eigenvalue weighted by atomic mass is 9.92. The topological polar surface area (TPSA) is 111 Å². The van der Waals surface area contributed by atoms with Crippen molar-refractivity contribution in [3.8, 4) is 23.3 Å². The van der Waals surface area contributed by atoms with Crippen LogP contribution in [0.1, 0.15) is 79.7 Å². The molecule has 2 aromatic heterocycles. The first-order valence-corrected chi connectivity index (χ1v) is 21.7. The molecule has 5 saturated heterocycles. The molecule has 1 amide bonds. The number of pyridine rings is 2. The van der Waals surface area contributed by atoms with Gasteiger partial charge in [-0.25, -0.2) is 14.8 Å². The number of fused-ring (bicyclic) bond motifs is 7. The molecule has 59 heavy (non-hydrogen) atoms. The van der Waals surface area contributed by atoms with Crippen molar-refractivity contribution in [3.63, 3.8) is 0 Å². The third-order valence-electron chi connectivity index (χ3n) is 14.0. The zero-order chi connectivity index (χ0) is 39.7. The second kappa shape index (κ2) is 15.0. The summed E-state index contributed by atoms with van der Waals surface area (Å²) >= 11 is 0. The van der Waals surface area contributed by atoms with E-state index in [1.807, 2.05) is 43.0 Å². The van der Waals surface area contributed by atoms with Crippen LogP contribution >= 0.6 is 0 Å². The molecule has 9 heterocycles. The monoisotopic (exact) mass is 798 g/mol. The van der Waals surface area contributed by atoms with Gasteiger partial charge in [0.05, 0.1) is 0 Å². The number of nitrogens with one attached hydrogen (secondary N) is 1. The first kappa shape index (κ1) is 37.1. The molecule has 1 unspecified atom stereocenters. The second-order valence-corrected chi connectivity index (χ2v) is 18.4. The molecule has 1 saturated carbocycles. The van der Waals surface area contributed by atoms with Gasteiger partial charge in [-0.05, 0) is 104 Å². The van der Waals surface area contributed by atoms with Crippen molar-refractivity contribution in [2.24, 2.45) is 11.8 Å². The van der Waals surface area contributed by atoms with Gasteiger partial charge in [-0.1, -0.05) is 48.5 Å². The molecule has 12 nitrogen and oxygen atoms in total. The van der Waals surface area contributed by atoms with Crippen molar-refractivity contribution in [1.82, 2.24) is 30.0 Å². The summed E-state index contributed by atoms with van der Waals surface area (Å²) in [5.74, 6) is 3.49. The zero-order valence-electron chi connectivity index (χ0n) is 34.0. The Morgan fingerprint density at radius 2 is 1.49 bits per heavy atom. The van der Waals surface area contributed by atoms with E-state index in [2.05, 4.69) is 68.6 Å². The molecule has 8 aliphatic rings. The van der Waals surface area contributed by atoms with Crippen molar-refractivity contribution in [3.05, 3.63) is 107 Å². The van der Waals surface area contributed by atoms with Crippen LogP contribution < -0.4 is 24.3 Å². The zero-order valence-corrected chi connectivity index (χ0v) is 34.0. The molecule has 0 radical (unpaired) electrons. The molecule has 308 valence electrons. The van der Waals surface area contributed by atoms with Crippen LogP contribution in [-0.4, -0.2) is 99.9 Å². The Balaban J connectivity index is 0.668. The van der Waals surface area contributed by atoms with E-state index in [1.165, 1.54) is 24.0 Å². The highest BCUT2D eigenvalue weighted by atomic mass is 16.6. The Labute approximate surface area is 346 Å². The fourth-order valence-electron chi connectivity index (χ4n) is 10.5. The molecule has 1 aliphatic carbocycles. The number of aryl methyl sites for hydroxylation is 1. The molecular formula is C47H54N6O6. The second-order valence-electron chi connectivity index (χ2n) is 18.4. The lowest BCUT2D eigenvalue weighted by Crippen LogP contribution is -2.60. The predicted octanol–water partition coefficient (Wildman–Crippen LogP) is 6.49. The van der Waals surface area contributed by atoms with E-state index >= 15 is 0 Å². The number of piperidine rings is 4. The SMILES string of the molecule is CC(C)(CCc1ccc2c(n1)O[C@@H](c1ccc(CN3C[C@@H]4CC[C@H]3CN4)cc1)CO2)OC(=O)N1C[C@@H]2CC3[C@H](CN2Cc2ccc([C@H]4COc5cccnc5O4)cc2)[C@H]31. The Bertz CT molecular complexity index is 2180. The molecule has 6 fully saturated rings. The minimum Gasteiger partial charge on any atom is -0.484 e. The van der Waals surface area contributed by atoms with Gasteiger partial charge in [0.15, 0.2) is 23.7 Å². The summed E-state index contributed by atoms with van der Waals surface area (Å²) in [4.78, 5) is 30.2. The Kier molecular flexibility index (Phi) is 9.42. The number of piperazine rings is 1. The highest BCUT2D eigenvalue weighted by molar-refractivity contribution is 5.70. The normalized spacial score (nSPS) is 29.2. The summed E-state index contributed by atoms with van der Waals surface area (Å²) < 4.78 is 30.8. The van der Waals surface area contributed by atoms with E-state index in [4.69, 9.17) is 28.7 Å². The van der Waals surface area contributed by atoms with Crippen LogP contribution in [0.15, 0.2) is 79.0 Å². The molecule has 7 aliphatic heterocycles. The Morgan fingerprint density at radius 1 is 0.797 bits per heavy atom. The van der Waals surface area contributed by atoms with E-state index in [0.29, 0.717) is 85.8 Å². The number of carbonyl (C=O) groups excluding carboxylic acids is 1. The number of benzene rings is 2. The predicted molar refractivity (Wildman–Crippen MR) is 219 cm³/mol. The van der Waals surface area contributed by atoms with Crippen molar-refractivity contribution >= 4 is 6.09 Å². The van der Waals surface area contributed by atoms with Crippen LogP contribution in [0.4, 0.5) is 4.79 Å². The number of nitrogens with zero attached hydrogens (tertiary/aromatic N) is 5. The number of hydrogen-bond acceptors (Lipinski definition) is 11. The van der Waals surface area contributed by atoms with Crippen LogP contribution in [0.25, 0.3) is 0 Å². The van der Waals surface area contributed by atoms with E-state index in [1.54, 1.807) is 6.20 Å². The molecule has 12 rings (SSSR count). The summed E-state index contributed by atoms with van der Waals surface area (Å²) in [5.41, 5.74) is 4.99. The van der Waals surface area contributed by atoms with Crippen LogP contribution in [0, 0.1) is 11.8 Å². The van der Waals surface area contributed by atoms with Gasteiger partial charge >= 0.3 is 6.09 Å². The standard InChI is InChI=1S/C47H54N6O6/c1-47(2,18-17-33-14-16-40-45(50-33)58-42(28-56-40)32-11-5-29(6-12-32)22-51-24-34-13-15-35(51)21-49-34)59-46(54)53-25-36-20-37-38(43(37)53)26-52(36)23-30-7-9-31(10-8-30)41-27-55-39-4-3-19-48-44(39)57-41/h3-12,14,16,19,34-38,41-43,49H,13,15,17-18,20-28H2,1-2H3/t34-,35-,36-,37?,38-,41+,42+,43-/m0/s1. The third kappa shape index (κ3) is 7.48. The van der Waals surface area contributed by atoms with E-state index in [9.17, 15) is 4.79 Å². The summed E-state index contributed by atoms with van der Waals surface area (Å²) in [7, 11) is 0. The number of rotatable bonds is 10. The van der Waals surface area contributed by atoms with Crippen molar-refractivity contribution < 1.29 is 28.5 Å². The third-order valence-corrected chi connectivity index (χ3v) is 14.0. The molecule has 8 atom stereocenters. The maximum absolute atomic E-state index is 13.8. The average Bonchev–Trinajstić information content (AvgIpc) is 4.02. The fraction of sp³-hybridized carbons (Fsp3) is 0.511. The van der Waals surface area contributed by atoms with Crippen molar-refractivity contribution in [1.29, 1.82) is 0 Å². The van der Waals surface area contributed by atoms with E-state index < -0.39 is 5.60 Å². The lowest BCUT2D eigenvalue weighted by Gasteiger charge is -2.46. The first-order chi connectivity index (χ1) is 28.8. The maximum atomic E-state index is 13.8. The minimum absolute atomic E-state index is 0.185. The summed E-state index contributed by atoms with van der Waals surface area (Å²) in [5, 5.41) is 3.65. The number of ether oxygens (including phenoxy) is 5. The molecule has 4 aromatic rings. The van der Waals surface area contributed by atoms with E-state index in [0.717, 1.165) is 56.0 Å². The highest BCUT2D eigenvalue weighted by Gasteiger charge is 2.63. The van der Waals surface area contributed by atoms with Crippen LogP contribution in [-0.2, 0) is 24.2 Å². The average molecular weight is 799 g/mol. The van der Waals surface area contributed by atoms with Gasteiger partial charge in [0.25, 0.3) is 11.8 Å². The summed E-state index contributed by atoms with van der Waals surface area (Å²) in [6, 6.07) is 27.0. The van der Waals surface area contributed by atoms with Gasteiger partial charge < -0.3 is 33.9 Å². The molecular weight excluding hydrogens is 745 g/mol. The molecule has 1 N–H and O–H groups in total. The molecule has 4 bridgehead atoms. The highest BCUT2D eigenvalue weighted by Crippen LogP contribution is 2.54. The van der Waals surface area contributed by atoms with Gasteiger partial charge in [-0.3, -0.25) is 9.80 Å². The number of aromatic nitrogens is 2. The largest absolute Gasteiger partial charge is 0.484 e. The molecule has 0 spiro atoms. The van der Waals surface area contributed by atoms with Crippen LogP contribution in [0.5, 0.6) is 23.3 Å². The first-order valence-electron chi connectivity index (χ1n) is 21.7. The number of amides is 1. The number of carbonyl (C=O) groups is 1. The Hall–Kier alpha value is -4.91. The summed E-state index contributed by atoms with van der Waals surface area (Å²) in [6.45, 7) is 10.7. The maximum Gasteiger partial charge on any atom is 0.410 e. The van der Waals surface area contributed by atoms with Crippen LogP contribution in [0.3, 0.4) is 0 Å². The van der Waals surface area contributed by atoms with Gasteiger partial charge in [-0.2, -0.15) is 0 Å². The summed E-state index contributed by atoms with van der Waals surface area (Å²) in [6.07, 6.45) is 6.14. The quantitative estimate of drug-likeness (QED) is 0.190. The fourth-order valence-corrected chi connectivity index (χ4v) is 10.5. The van der Waals surface area contributed by atoms with Gasteiger partial charge in [0.1, 0.15) is 18.8 Å². The van der Waals surface area contributed by atoms with E-state index in [-0.39, 0.29) is 24.3 Å². The van der Waals surface area contributed by atoms with Crippen molar-refractivity contribution in [2.45, 2.75) is 101 Å². The number of hydrogen-bond donors (Lipinski definition) is 1. The Morgan fingerprint density at radius 3 is 2.17 bits per heavy atom. The lowest BCUT2D eigenvalue weighted by molar-refractivity contribution is -0.00291. The van der Waals surface area contributed by atoms with Crippen molar-refractivity contribution in [2.75, 3.05) is 39.4 Å². The molecule has 12 heteroatoms. The van der Waals surface area contributed by atoms with Crippen LogP contribution in [0.2, 0.25) is 0 Å². The van der Waals surface area contributed by atoms with Gasteiger partial charge in [0, 0.05) is 75.3 Å². The smallest absolute Gasteiger partial charge is 0.410 e.